The zero-order chi connectivity index (χ0) is 19.0. The Balaban J connectivity index is 1.47. The van der Waals surface area contributed by atoms with Gasteiger partial charge in [-0.1, -0.05) is 26.2 Å². The molecule has 148 valence electrons. The van der Waals surface area contributed by atoms with Gasteiger partial charge in [0.05, 0.1) is 12.7 Å². The molecule has 3 nitrogen and oxygen atoms in total. The normalized spacial score (nSPS) is 25.1. The predicted molar refractivity (Wildman–Crippen MR) is 104 cm³/mol. The lowest BCUT2D eigenvalue weighted by Gasteiger charge is -2.52. The fourth-order valence-corrected chi connectivity index (χ4v) is 5.96. The SMILES string of the molecule is CC[C@H]1Cc2c(F)cc(C(=O)OC)cc2CN1CC1CC2(CCCCC2)C1. The third-order valence-corrected chi connectivity index (χ3v) is 7.36. The highest BCUT2D eigenvalue weighted by Gasteiger charge is 2.45. The molecular formula is C23H32FNO2. The lowest BCUT2D eigenvalue weighted by atomic mass is 9.55. The van der Waals surface area contributed by atoms with E-state index < -0.39 is 5.97 Å². The molecule has 2 fully saturated rings. The van der Waals surface area contributed by atoms with E-state index in [1.807, 2.05) is 6.07 Å². The number of methoxy groups -OCH3 is 1. The molecule has 1 spiro atoms. The van der Waals surface area contributed by atoms with E-state index in [-0.39, 0.29) is 5.82 Å². The Morgan fingerprint density at radius 2 is 2.00 bits per heavy atom. The second-order valence-corrected chi connectivity index (χ2v) is 9.12. The lowest BCUT2D eigenvalue weighted by Crippen LogP contribution is -2.48. The summed E-state index contributed by atoms with van der Waals surface area (Å²) in [5.41, 5.74) is 2.74. The molecule has 0 saturated heterocycles. The Morgan fingerprint density at radius 3 is 2.67 bits per heavy atom. The number of carbonyl (C=O) groups is 1. The summed E-state index contributed by atoms with van der Waals surface area (Å²) in [6.45, 7) is 4.07. The third-order valence-electron chi connectivity index (χ3n) is 7.36. The van der Waals surface area contributed by atoms with E-state index >= 15 is 0 Å². The average molecular weight is 374 g/mol. The fourth-order valence-electron chi connectivity index (χ4n) is 5.96. The maximum absolute atomic E-state index is 14.6. The van der Waals surface area contributed by atoms with Crippen LogP contribution in [0.1, 0.15) is 79.8 Å². The summed E-state index contributed by atoms with van der Waals surface area (Å²) in [5, 5.41) is 0. The van der Waals surface area contributed by atoms with Gasteiger partial charge in [-0.15, -0.1) is 0 Å². The van der Waals surface area contributed by atoms with Crippen LogP contribution in [0.3, 0.4) is 0 Å². The summed E-state index contributed by atoms with van der Waals surface area (Å²) in [6, 6.07) is 3.58. The topological polar surface area (TPSA) is 29.5 Å². The number of benzene rings is 1. The van der Waals surface area contributed by atoms with Crippen molar-refractivity contribution < 1.29 is 13.9 Å². The maximum atomic E-state index is 14.6. The summed E-state index contributed by atoms with van der Waals surface area (Å²) in [5.74, 6) is 0.0715. The monoisotopic (exact) mass is 373 g/mol. The van der Waals surface area contributed by atoms with Crippen LogP contribution in [0.2, 0.25) is 0 Å². The van der Waals surface area contributed by atoms with Crippen LogP contribution < -0.4 is 0 Å². The molecule has 0 N–H and O–H groups in total. The largest absolute Gasteiger partial charge is 0.465 e. The van der Waals surface area contributed by atoms with Gasteiger partial charge in [0, 0.05) is 19.1 Å². The van der Waals surface area contributed by atoms with Crippen molar-refractivity contribution in [2.24, 2.45) is 11.3 Å². The smallest absolute Gasteiger partial charge is 0.337 e. The van der Waals surface area contributed by atoms with Crippen molar-refractivity contribution in [1.82, 2.24) is 4.90 Å². The molecule has 4 rings (SSSR count). The summed E-state index contributed by atoms with van der Waals surface area (Å²) in [7, 11) is 1.34. The second kappa shape index (κ2) is 7.54. The number of esters is 1. The number of halogens is 1. The molecule has 1 aromatic carbocycles. The molecule has 4 heteroatoms. The van der Waals surface area contributed by atoms with Crippen molar-refractivity contribution in [2.75, 3.05) is 13.7 Å². The van der Waals surface area contributed by atoms with Crippen LogP contribution >= 0.6 is 0 Å². The highest BCUT2D eigenvalue weighted by atomic mass is 19.1. The Labute approximate surface area is 162 Å². The average Bonchev–Trinajstić information content (AvgIpc) is 2.66. The first-order valence-electron chi connectivity index (χ1n) is 10.7. The summed E-state index contributed by atoms with van der Waals surface area (Å²) < 4.78 is 19.4. The number of hydrogen-bond acceptors (Lipinski definition) is 3. The van der Waals surface area contributed by atoms with Gasteiger partial charge < -0.3 is 4.74 Å². The molecule has 0 aromatic heterocycles. The molecule has 2 saturated carbocycles. The van der Waals surface area contributed by atoms with Crippen LogP contribution in [0.4, 0.5) is 4.39 Å². The van der Waals surface area contributed by atoms with Crippen LogP contribution in [0.5, 0.6) is 0 Å². The Kier molecular flexibility index (Phi) is 5.28. The van der Waals surface area contributed by atoms with E-state index in [1.54, 1.807) is 0 Å². The van der Waals surface area contributed by atoms with Gasteiger partial charge >= 0.3 is 5.97 Å². The molecule has 27 heavy (non-hydrogen) atoms. The summed E-state index contributed by atoms with van der Waals surface area (Å²) >= 11 is 0. The number of carbonyl (C=O) groups excluding carboxylic acids is 1. The number of fused-ring (bicyclic) bond motifs is 1. The standard InChI is InChI=1S/C23H32FNO2/c1-3-19-11-20-18(9-17(10-21(20)24)22(26)27-2)15-25(19)14-16-12-23(13-16)7-5-4-6-8-23/h9-10,16,19H,3-8,11-15H2,1-2H3/t19-/m0/s1. The number of hydrogen-bond donors (Lipinski definition) is 0. The van der Waals surface area contributed by atoms with Crippen molar-refractivity contribution in [3.05, 3.63) is 34.6 Å². The molecule has 0 bridgehead atoms. The van der Waals surface area contributed by atoms with Gasteiger partial charge in [-0.05, 0) is 73.1 Å². The van der Waals surface area contributed by atoms with E-state index in [0.717, 1.165) is 43.0 Å². The molecule has 2 aliphatic carbocycles. The van der Waals surface area contributed by atoms with Crippen LogP contribution in [-0.4, -0.2) is 30.6 Å². The third kappa shape index (κ3) is 3.65. The van der Waals surface area contributed by atoms with Crippen molar-refractivity contribution in [1.29, 1.82) is 0 Å². The van der Waals surface area contributed by atoms with Gasteiger partial charge in [0.1, 0.15) is 5.82 Å². The summed E-state index contributed by atoms with van der Waals surface area (Å²) in [4.78, 5) is 14.4. The van der Waals surface area contributed by atoms with Crippen molar-refractivity contribution in [2.45, 2.75) is 77.3 Å². The Hall–Kier alpha value is -1.42. The van der Waals surface area contributed by atoms with Crippen molar-refractivity contribution >= 4 is 5.97 Å². The van der Waals surface area contributed by atoms with Gasteiger partial charge in [0.25, 0.3) is 0 Å². The highest BCUT2D eigenvalue weighted by molar-refractivity contribution is 5.89. The van der Waals surface area contributed by atoms with E-state index in [2.05, 4.69) is 11.8 Å². The molecule has 1 heterocycles. The van der Waals surface area contributed by atoms with Crippen LogP contribution in [0.25, 0.3) is 0 Å². The summed E-state index contributed by atoms with van der Waals surface area (Å²) in [6.07, 6.45) is 11.6. The number of ether oxygens (including phenoxy) is 1. The molecule has 0 unspecified atom stereocenters. The predicted octanol–water partition coefficient (Wildman–Crippen LogP) is 5.11. The lowest BCUT2D eigenvalue weighted by molar-refractivity contribution is -0.0141. The molecule has 1 aliphatic heterocycles. The van der Waals surface area contributed by atoms with Crippen LogP contribution in [0, 0.1) is 17.2 Å². The zero-order valence-corrected chi connectivity index (χ0v) is 16.7. The first-order chi connectivity index (χ1) is 13.0. The molecule has 0 radical (unpaired) electrons. The first kappa shape index (κ1) is 18.9. The van der Waals surface area contributed by atoms with Gasteiger partial charge in [-0.25, -0.2) is 9.18 Å². The fraction of sp³-hybridized carbons (Fsp3) is 0.696. The first-order valence-corrected chi connectivity index (χ1v) is 10.7. The molecule has 3 aliphatic rings. The van der Waals surface area contributed by atoms with Crippen LogP contribution in [-0.2, 0) is 17.7 Å². The van der Waals surface area contributed by atoms with E-state index in [1.165, 1.54) is 58.1 Å². The molecule has 0 amide bonds. The second-order valence-electron chi connectivity index (χ2n) is 9.12. The Morgan fingerprint density at radius 1 is 1.26 bits per heavy atom. The van der Waals surface area contributed by atoms with E-state index in [4.69, 9.17) is 4.74 Å². The van der Waals surface area contributed by atoms with E-state index in [9.17, 15) is 9.18 Å². The molecule has 1 atom stereocenters. The molecular weight excluding hydrogens is 341 g/mol. The highest BCUT2D eigenvalue weighted by Crippen LogP contribution is 2.55. The minimum absolute atomic E-state index is 0.254. The minimum atomic E-state index is -0.459. The van der Waals surface area contributed by atoms with Gasteiger partial charge in [-0.2, -0.15) is 0 Å². The zero-order valence-electron chi connectivity index (χ0n) is 16.7. The van der Waals surface area contributed by atoms with Gasteiger partial charge in [0.2, 0.25) is 0 Å². The van der Waals surface area contributed by atoms with Crippen LogP contribution in [0.15, 0.2) is 12.1 Å². The maximum Gasteiger partial charge on any atom is 0.337 e. The Bertz CT molecular complexity index is 703. The van der Waals surface area contributed by atoms with E-state index in [0.29, 0.717) is 17.0 Å². The van der Waals surface area contributed by atoms with Gasteiger partial charge in [0.15, 0.2) is 0 Å². The number of nitrogens with zero attached hydrogens (tertiary/aromatic N) is 1. The minimum Gasteiger partial charge on any atom is -0.465 e. The molecule has 1 aromatic rings. The van der Waals surface area contributed by atoms with Crippen molar-refractivity contribution in [3.8, 4) is 0 Å². The number of rotatable bonds is 4. The quantitative estimate of drug-likeness (QED) is 0.687. The van der Waals surface area contributed by atoms with Crippen molar-refractivity contribution in [3.63, 3.8) is 0 Å². The van der Waals surface area contributed by atoms with Gasteiger partial charge in [-0.3, -0.25) is 4.90 Å².